The summed E-state index contributed by atoms with van der Waals surface area (Å²) in [5.41, 5.74) is 1.32. The maximum Gasteiger partial charge on any atom is 0.234 e. The molecule has 1 saturated heterocycles. The molecule has 0 radical (unpaired) electrons. The standard InChI is InChI=1S/C18H29N3O2/c1-20(2)13-17-14-21(11-12-23-17)15-18(22)19-10-6-9-16-7-4-3-5-8-16/h3-5,7-8,17H,6,9-15H2,1-2H3,(H,19,22)/t17-/m1/s1. The van der Waals surface area contributed by atoms with Crippen molar-refractivity contribution in [1.82, 2.24) is 15.1 Å². The van der Waals surface area contributed by atoms with Gasteiger partial charge in [0.15, 0.2) is 0 Å². The minimum absolute atomic E-state index is 0.114. The molecule has 1 amide bonds. The number of morpholine rings is 1. The Morgan fingerprint density at radius 1 is 1.35 bits per heavy atom. The van der Waals surface area contributed by atoms with Gasteiger partial charge < -0.3 is 15.0 Å². The van der Waals surface area contributed by atoms with Crippen LogP contribution in [0.15, 0.2) is 30.3 Å². The lowest BCUT2D eigenvalue weighted by molar-refractivity contribution is -0.124. The Balaban J connectivity index is 1.60. The molecule has 128 valence electrons. The van der Waals surface area contributed by atoms with E-state index in [1.807, 2.05) is 20.2 Å². The number of carbonyl (C=O) groups is 1. The third kappa shape index (κ3) is 7.12. The molecule has 5 heteroatoms. The summed E-state index contributed by atoms with van der Waals surface area (Å²) in [6.45, 7) is 4.48. The van der Waals surface area contributed by atoms with E-state index in [-0.39, 0.29) is 12.0 Å². The van der Waals surface area contributed by atoms with Crippen molar-refractivity contribution in [3.05, 3.63) is 35.9 Å². The number of hydrogen-bond acceptors (Lipinski definition) is 4. The molecule has 2 rings (SSSR count). The van der Waals surface area contributed by atoms with Crippen LogP contribution in [0.2, 0.25) is 0 Å². The molecule has 1 aromatic rings. The van der Waals surface area contributed by atoms with Gasteiger partial charge in [-0.1, -0.05) is 30.3 Å². The Morgan fingerprint density at radius 3 is 2.87 bits per heavy atom. The molecule has 1 aliphatic rings. The van der Waals surface area contributed by atoms with Crippen LogP contribution in [0.3, 0.4) is 0 Å². The Morgan fingerprint density at radius 2 is 2.13 bits per heavy atom. The van der Waals surface area contributed by atoms with Crippen LogP contribution in [-0.2, 0) is 16.0 Å². The second kappa shape index (κ2) is 9.65. The van der Waals surface area contributed by atoms with Gasteiger partial charge in [-0.25, -0.2) is 0 Å². The summed E-state index contributed by atoms with van der Waals surface area (Å²) < 4.78 is 5.73. The normalized spacial score (nSPS) is 19.0. The molecule has 1 N–H and O–H groups in total. The van der Waals surface area contributed by atoms with Crippen molar-refractivity contribution in [1.29, 1.82) is 0 Å². The maximum atomic E-state index is 12.0. The van der Waals surface area contributed by atoms with Crippen molar-refractivity contribution in [2.45, 2.75) is 18.9 Å². The molecule has 0 saturated carbocycles. The van der Waals surface area contributed by atoms with Crippen LogP contribution < -0.4 is 5.32 Å². The number of hydrogen-bond donors (Lipinski definition) is 1. The van der Waals surface area contributed by atoms with Gasteiger partial charge >= 0.3 is 0 Å². The number of benzene rings is 1. The van der Waals surface area contributed by atoms with E-state index in [1.54, 1.807) is 0 Å². The molecule has 1 atom stereocenters. The molecule has 5 nitrogen and oxygen atoms in total. The number of aryl methyl sites for hydroxylation is 1. The second-order valence-electron chi connectivity index (χ2n) is 6.43. The van der Waals surface area contributed by atoms with Crippen molar-refractivity contribution < 1.29 is 9.53 Å². The molecule has 0 bridgehead atoms. The van der Waals surface area contributed by atoms with Crippen LogP contribution in [-0.4, -0.2) is 75.2 Å². The van der Waals surface area contributed by atoms with Crippen molar-refractivity contribution >= 4 is 5.91 Å². The van der Waals surface area contributed by atoms with Gasteiger partial charge in [0.1, 0.15) is 0 Å². The largest absolute Gasteiger partial charge is 0.374 e. The molecule has 0 unspecified atom stereocenters. The van der Waals surface area contributed by atoms with E-state index in [9.17, 15) is 4.79 Å². The Hall–Kier alpha value is -1.43. The van der Waals surface area contributed by atoms with E-state index < -0.39 is 0 Å². The summed E-state index contributed by atoms with van der Waals surface area (Å²) in [4.78, 5) is 16.4. The number of nitrogens with zero attached hydrogens (tertiary/aromatic N) is 2. The minimum atomic E-state index is 0.114. The highest BCUT2D eigenvalue weighted by Crippen LogP contribution is 2.06. The average molecular weight is 319 g/mol. The Labute approximate surface area is 139 Å². The fourth-order valence-electron chi connectivity index (χ4n) is 2.87. The summed E-state index contributed by atoms with van der Waals surface area (Å²) >= 11 is 0. The zero-order chi connectivity index (χ0) is 16.5. The van der Waals surface area contributed by atoms with Gasteiger partial charge in [-0.05, 0) is 32.5 Å². The summed E-state index contributed by atoms with van der Waals surface area (Å²) in [7, 11) is 4.09. The zero-order valence-electron chi connectivity index (χ0n) is 14.3. The van der Waals surface area contributed by atoms with Crippen molar-refractivity contribution in [2.75, 3.05) is 53.4 Å². The molecule has 23 heavy (non-hydrogen) atoms. The lowest BCUT2D eigenvalue weighted by Gasteiger charge is -2.33. The maximum absolute atomic E-state index is 12.0. The van der Waals surface area contributed by atoms with Crippen LogP contribution in [0.4, 0.5) is 0 Å². The SMILES string of the molecule is CN(C)C[C@@H]1CN(CC(=O)NCCCc2ccccc2)CCO1. The number of likely N-dealkylation sites (N-methyl/N-ethyl adjacent to an activating group) is 1. The van der Waals surface area contributed by atoms with Crippen LogP contribution in [0.1, 0.15) is 12.0 Å². The van der Waals surface area contributed by atoms with E-state index >= 15 is 0 Å². The molecule has 1 aliphatic heterocycles. The zero-order valence-corrected chi connectivity index (χ0v) is 14.3. The molecule has 0 aromatic heterocycles. The first-order valence-electron chi connectivity index (χ1n) is 8.43. The van der Waals surface area contributed by atoms with Gasteiger partial charge in [-0.3, -0.25) is 9.69 Å². The van der Waals surface area contributed by atoms with Gasteiger partial charge in [0.05, 0.1) is 19.3 Å². The first-order chi connectivity index (χ1) is 11.1. The summed E-state index contributed by atoms with van der Waals surface area (Å²) in [6.07, 6.45) is 2.18. The number of ether oxygens (including phenoxy) is 1. The van der Waals surface area contributed by atoms with Gasteiger partial charge in [0.25, 0.3) is 0 Å². The van der Waals surface area contributed by atoms with E-state index in [0.717, 1.165) is 39.0 Å². The monoisotopic (exact) mass is 319 g/mol. The first-order valence-corrected chi connectivity index (χ1v) is 8.43. The number of nitrogens with one attached hydrogen (secondary N) is 1. The van der Waals surface area contributed by atoms with E-state index in [4.69, 9.17) is 4.74 Å². The van der Waals surface area contributed by atoms with Crippen LogP contribution in [0.25, 0.3) is 0 Å². The molecule has 1 heterocycles. The van der Waals surface area contributed by atoms with Crippen LogP contribution in [0.5, 0.6) is 0 Å². The van der Waals surface area contributed by atoms with Crippen molar-refractivity contribution in [2.24, 2.45) is 0 Å². The smallest absolute Gasteiger partial charge is 0.234 e. The first kappa shape index (κ1) is 17.9. The third-order valence-electron chi connectivity index (χ3n) is 3.97. The highest BCUT2D eigenvalue weighted by Gasteiger charge is 2.22. The van der Waals surface area contributed by atoms with Gasteiger partial charge in [0.2, 0.25) is 5.91 Å². The highest BCUT2D eigenvalue weighted by molar-refractivity contribution is 5.77. The molecular weight excluding hydrogens is 290 g/mol. The lowest BCUT2D eigenvalue weighted by Crippen LogP contribution is -2.49. The fraction of sp³-hybridized carbons (Fsp3) is 0.611. The predicted octanol–water partition coefficient (Wildman–Crippen LogP) is 0.998. The lowest BCUT2D eigenvalue weighted by atomic mass is 10.1. The molecule has 1 fully saturated rings. The highest BCUT2D eigenvalue weighted by atomic mass is 16.5. The van der Waals surface area contributed by atoms with Gasteiger partial charge in [-0.2, -0.15) is 0 Å². The third-order valence-corrected chi connectivity index (χ3v) is 3.97. The van der Waals surface area contributed by atoms with Gasteiger partial charge in [0, 0.05) is 26.2 Å². The topological polar surface area (TPSA) is 44.8 Å². The summed E-state index contributed by atoms with van der Waals surface area (Å²) in [6, 6.07) is 10.4. The summed E-state index contributed by atoms with van der Waals surface area (Å²) in [5, 5.41) is 3.02. The number of carbonyl (C=O) groups excluding carboxylic acids is 1. The van der Waals surface area contributed by atoms with E-state index in [1.165, 1.54) is 5.56 Å². The van der Waals surface area contributed by atoms with E-state index in [2.05, 4.69) is 39.4 Å². The quantitative estimate of drug-likeness (QED) is 0.726. The Bertz CT molecular complexity index is 465. The summed E-state index contributed by atoms with van der Waals surface area (Å²) in [5.74, 6) is 0.114. The van der Waals surface area contributed by atoms with Gasteiger partial charge in [-0.15, -0.1) is 0 Å². The molecule has 1 aromatic carbocycles. The number of amides is 1. The predicted molar refractivity (Wildman–Crippen MR) is 92.5 cm³/mol. The fourth-order valence-corrected chi connectivity index (χ4v) is 2.87. The minimum Gasteiger partial charge on any atom is -0.374 e. The van der Waals surface area contributed by atoms with Crippen LogP contribution >= 0.6 is 0 Å². The molecule has 0 spiro atoms. The Kier molecular flexibility index (Phi) is 7.52. The number of rotatable bonds is 8. The second-order valence-corrected chi connectivity index (χ2v) is 6.43. The van der Waals surface area contributed by atoms with E-state index in [0.29, 0.717) is 13.2 Å². The molecule has 0 aliphatic carbocycles. The average Bonchev–Trinajstić information content (AvgIpc) is 2.52. The molecular formula is C18H29N3O2. The van der Waals surface area contributed by atoms with Crippen LogP contribution in [0, 0.1) is 0 Å². The van der Waals surface area contributed by atoms with Crippen molar-refractivity contribution in [3.8, 4) is 0 Å². The van der Waals surface area contributed by atoms with Crippen molar-refractivity contribution in [3.63, 3.8) is 0 Å².